The first-order valence-electron chi connectivity index (χ1n) is 6.30. The molecular formula is C14H15F4NO3S. The molecular weight excluding hydrogens is 338 g/mol. The molecule has 1 rings (SSSR count). The SMILES string of the molecule is C/C(=C\C=C(/C)S(=O)(=O)Nc1ccc(C)cc1F)OC(F)(F)F. The van der Waals surface area contributed by atoms with Gasteiger partial charge in [-0.15, -0.1) is 13.2 Å². The van der Waals surface area contributed by atoms with Crippen molar-refractivity contribution in [3.63, 3.8) is 0 Å². The summed E-state index contributed by atoms with van der Waals surface area (Å²) in [5, 5.41) is 0. The van der Waals surface area contributed by atoms with Crippen LogP contribution in [0.1, 0.15) is 19.4 Å². The van der Waals surface area contributed by atoms with Crippen LogP contribution in [0.25, 0.3) is 0 Å². The number of alkyl halides is 3. The highest BCUT2D eigenvalue weighted by atomic mass is 32.2. The van der Waals surface area contributed by atoms with Crippen molar-refractivity contribution in [2.24, 2.45) is 0 Å². The Bertz CT molecular complexity index is 737. The smallest absolute Gasteiger partial charge is 0.411 e. The van der Waals surface area contributed by atoms with Gasteiger partial charge in [0, 0.05) is 0 Å². The first-order chi connectivity index (χ1) is 10.4. The minimum atomic E-state index is -4.86. The van der Waals surface area contributed by atoms with Gasteiger partial charge in [-0.2, -0.15) is 0 Å². The van der Waals surface area contributed by atoms with Gasteiger partial charge in [0.25, 0.3) is 10.0 Å². The second-order valence-electron chi connectivity index (χ2n) is 4.69. The summed E-state index contributed by atoms with van der Waals surface area (Å²) in [5.74, 6) is -1.29. The predicted molar refractivity (Wildman–Crippen MR) is 78.3 cm³/mol. The topological polar surface area (TPSA) is 55.4 Å². The van der Waals surface area contributed by atoms with E-state index >= 15 is 0 Å². The average Bonchev–Trinajstić information content (AvgIpc) is 2.37. The lowest BCUT2D eigenvalue weighted by Gasteiger charge is -2.10. The van der Waals surface area contributed by atoms with Crippen LogP contribution in [0.15, 0.2) is 41.0 Å². The van der Waals surface area contributed by atoms with E-state index in [4.69, 9.17) is 0 Å². The van der Waals surface area contributed by atoms with Gasteiger partial charge in [0.15, 0.2) is 0 Å². The predicted octanol–water partition coefficient (Wildman–Crippen LogP) is 4.22. The first kappa shape index (κ1) is 19.0. The molecule has 4 nitrogen and oxygen atoms in total. The van der Waals surface area contributed by atoms with E-state index < -0.39 is 28.0 Å². The van der Waals surface area contributed by atoms with Crippen molar-refractivity contribution in [1.82, 2.24) is 0 Å². The van der Waals surface area contributed by atoms with E-state index in [0.29, 0.717) is 5.56 Å². The van der Waals surface area contributed by atoms with Crippen molar-refractivity contribution in [3.8, 4) is 0 Å². The molecule has 1 aromatic rings. The Morgan fingerprint density at radius 3 is 2.35 bits per heavy atom. The van der Waals surface area contributed by atoms with Gasteiger partial charge in [-0.3, -0.25) is 4.72 Å². The van der Waals surface area contributed by atoms with Crippen molar-refractivity contribution in [3.05, 3.63) is 52.4 Å². The van der Waals surface area contributed by atoms with E-state index in [9.17, 15) is 26.0 Å². The lowest BCUT2D eigenvalue weighted by molar-refractivity contribution is -0.305. The number of ether oxygens (including phenoxy) is 1. The molecule has 0 saturated heterocycles. The molecule has 0 spiro atoms. The van der Waals surface area contributed by atoms with Gasteiger partial charge in [-0.05, 0) is 50.6 Å². The van der Waals surface area contributed by atoms with E-state index in [2.05, 4.69) is 4.74 Å². The van der Waals surface area contributed by atoms with E-state index in [1.807, 2.05) is 4.72 Å². The second kappa shape index (κ2) is 7.03. The number of hydrogen-bond acceptors (Lipinski definition) is 3. The fourth-order valence-corrected chi connectivity index (χ4v) is 2.33. The van der Waals surface area contributed by atoms with Gasteiger partial charge in [0.2, 0.25) is 0 Å². The van der Waals surface area contributed by atoms with E-state index in [1.54, 1.807) is 6.92 Å². The largest absolute Gasteiger partial charge is 0.572 e. The van der Waals surface area contributed by atoms with Gasteiger partial charge < -0.3 is 4.74 Å². The Kier molecular flexibility index (Phi) is 5.81. The zero-order valence-electron chi connectivity index (χ0n) is 12.5. The molecule has 0 aliphatic heterocycles. The van der Waals surface area contributed by atoms with E-state index in [1.165, 1.54) is 12.1 Å². The van der Waals surface area contributed by atoms with E-state index in [-0.39, 0.29) is 10.6 Å². The van der Waals surface area contributed by atoms with Gasteiger partial charge >= 0.3 is 6.36 Å². The number of sulfonamides is 1. The molecule has 0 aliphatic carbocycles. The molecule has 0 saturated carbocycles. The number of rotatable bonds is 5. The summed E-state index contributed by atoms with van der Waals surface area (Å²) in [5.41, 5.74) is 0.358. The van der Waals surface area contributed by atoms with Gasteiger partial charge in [-0.1, -0.05) is 6.07 Å². The number of halogens is 4. The molecule has 1 N–H and O–H groups in total. The molecule has 0 bridgehead atoms. The molecule has 1 aromatic carbocycles. The monoisotopic (exact) mass is 353 g/mol. The fourth-order valence-electron chi connectivity index (χ4n) is 1.47. The number of nitrogens with one attached hydrogen (secondary N) is 1. The highest BCUT2D eigenvalue weighted by molar-refractivity contribution is 7.96. The molecule has 0 aromatic heterocycles. The van der Waals surface area contributed by atoms with Crippen molar-refractivity contribution in [1.29, 1.82) is 0 Å². The first-order valence-corrected chi connectivity index (χ1v) is 7.79. The molecule has 0 fully saturated rings. The normalized spacial score (nSPS) is 13.9. The molecule has 0 radical (unpaired) electrons. The fraction of sp³-hybridized carbons (Fsp3) is 0.286. The number of anilines is 1. The summed E-state index contributed by atoms with van der Waals surface area (Å²) in [4.78, 5) is -0.303. The lowest BCUT2D eigenvalue weighted by Crippen LogP contribution is -2.14. The summed E-state index contributed by atoms with van der Waals surface area (Å²) >= 11 is 0. The Hall–Kier alpha value is -2.03. The quantitative estimate of drug-likeness (QED) is 0.490. The maximum absolute atomic E-state index is 13.6. The lowest BCUT2D eigenvalue weighted by atomic mass is 10.2. The highest BCUT2D eigenvalue weighted by Gasteiger charge is 2.30. The maximum atomic E-state index is 13.6. The second-order valence-corrected chi connectivity index (χ2v) is 6.55. The summed E-state index contributed by atoms with van der Waals surface area (Å²) in [6.45, 7) is 3.82. The highest BCUT2D eigenvalue weighted by Crippen LogP contribution is 2.22. The van der Waals surface area contributed by atoms with Crippen LogP contribution in [0.5, 0.6) is 0 Å². The van der Waals surface area contributed by atoms with Crippen LogP contribution in [0, 0.1) is 12.7 Å². The third kappa shape index (κ3) is 6.31. The zero-order valence-corrected chi connectivity index (χ0v) is 13.3. The Morgan fingerprint density at radius 2 is 1.83 bits per heavy atom. The minimum Gasteiger partial charge on any atom is -0.411 e. The number of hydrogen-bond donors (Lipinski definition) is 1. The van der Waals surface area contributed by atoms with Crippen LogP contribution >= 0.6 is 0 Å². The third-order valence-corrected chi connectivity index (χ3v) is 4.09. The van der Waals surface area contributed by atoms with Crippen molar-refractivity contribution < 1.29 is 30.7 Å². The Morgan fingerprint density at radius 1 is 1.22 bits per heavy atom. The van der Waals surface area contributed by atoms with Crippen molar-refractivity contribution in [2.75, 3.05) is 4.72 Å². The standard InChI is InChI=1S/C14H15F4NO3S/c1-9-4-7-13(12(15)8-9)19-23(20,21)11(3)6-5-10(2)22-14(16,17)18/h4-8,19H,1-3H3/b10-5+,11-6+. The maximum Gasteiger partial charge on any atom is 0.572 e. The average molecular weight is 353 g/mol. The summed E-state index contributed by atoms with van der Waals surface area (Å²) in [6.07, 6.45) is -3.08. The molecule has 0 unspecified atom stereocenters. The van der Waals surface area contributed by atoms with Crippen molar-refractivity contribution in [2.45, 2.75) is 27.1 Å². The van der Waals surface area contributed by atoms with Gasteiger partial charge in [0.1, 0.15) is 11.6 Å². The molecule has 0 heterocycles. The van der Waals surface area contributed by atoms with E-state index in [0.717, 1.165) is 32.1 Å². The minimum absolute atomic E-state index is 0.254. The van der Waals surface area contributed by atoms with Crippen LogP contribution in [0.4, 0.5) is 23.2 Å². The van der Waals surface area contributed by atoms with Crippen LogP contribution in [-0.4, -0.2) is 14.8 Å². The molecule has 0 amide bonds. The molecule has 128 valence electrons. The van der Waals surface area contributed by atoms with Crippen LogP contribution in [0.3, 0.4) is 0 Å². The Labute approximate surface area is 131 Å². The zero-order chi connectivity index (χ0) is 17.8. The molecule has 0 atom stereocenters. The van der Waals surface area contributed by atoms with Crippen LogP contribution < -0.4 is 4.72 Å². The van der Waals surface area contributed by atoms with Gasteiger partial charge in [0.05, 0.1) is 10.6 Å². The number of aryl methyl sites for hydroxylation is 1. The molecule has 23 heavy (non-hydrogen) atoms. The van der Waals surface area contributed by atoms with Crippen LogP contribution in [-0.2, 0) is 14.8 Å². The number of allylic oxidation sites excluding steroid dienone is 4. The summed E-state index contributed by atoms with van der Waals surface area (Å²) in [6, 6.07) is 3.92. The third-order valence-electron chi connectivity index (χ3n) is 2.62. The summed E-state index contributed by atoms with van der Waals surface area (Å²) < 4.78 is 79.2. The van der Waals surface area contributed by atoms with Gasteiger partial charge in [-0.25, -0.2) is 12.8 Å². The Balaban J connectivity index is 2.94. The molecule has 0 aliphatic rings. The molecule has 9 heteroatoms. The summed E-state index contributed by atoms with van der Waals surface area (Å²) in [7, 11) is -4.10. The number of benzene rings is 1. The van der Waals surface area contributed by atoms with Crippen LogP contribution in [0.2, 0.25) is 0 Å². The van der Waals surface area contributed by atoms with Crippen molar-refractivity contribution >= 4 is 15.7 Å².